The normalized spacial score (nSPS) is 17.7. The van der Waals surface area contributed by atoms with Gasteiger partial charge in [-0.1, -0.05) is 12.1 Å². The molecule has 1 aromatic rings. The molecule has 19 heavy (non-hydrogen) atoms. The highest BCUT2D eigenvalue weighted by Gasteiger charge is 2.27. The van der Waals surface area contributed by atoms with Crippen molar-refractivity contribution in [3.63, 3.8) is 0 Å². The zero-order valence-electron chi connectivity index (χ0n) is 11.2. The summed E-state index contributed by atoms with van der Waals surface area (Å²) in [7, 11) is -1.39. The molecule has 1 amide bonds. The number of rotatable bonds is 4. The number of sulfone groups is 1. The van der Waals surface area contributed by atoms with Gasteiger partial charge < -0.3 is 10.6 Å². The van der Waals surface area contributed by atoms with E-state index in [9.17, 15) is 13.2 Å². The molecular weight excluding hydrogens is 264 g/mol. The van der Waals surface area contributed by atoms with Gasteiger partial charge in [0.25, 0.3) is 0 Å². The molecule has 1 aromatic carbocycles. The van der Waals surface area contributed by atoms with Gasteiger partial charge in [-0.05, 0) is 31.2 Å². The summed E-state index contributed by atoms with van der Waals surface area (Å²) in [6.45, 7) is 1.69. The molecular formula is C13H18N2O3S. The molecule has 2 unspecified atom stereocenters. The number of hydrogen-bond acceptors (Lipinski definition) is 4. The summed E-state index contributed by atoms with van der Waals surface area (Å²) in [5.41, 5.74) is 2.62. The number of hydrogen-bond donors (Lipinski definition) is 2. The van der Waals surface area contributed by atoms with E-state index < -0.39 is 15.1 Å². The lowest BCUT2D eigenvalue weighted by Crippen LogP contribution is -2.33. The average molecular weight is 282 g/mol. The van der Waals surface area contributed by atoms with E-state index in [1.807, 2.05) is 18.2 Å². The summed E-state index contributed by atoms with van der Waals surface area (Å²) in [6, 6.07) is 5.30. The standard InChI is InChI=1S/C13H18N2O3S/c1-8(19(3,17)18)13(14-2)9-4-5-11-10(6-9)7-12(16)15-11/h4-6,8,13-14H,7H2,1-3H3,(H,15,16). The first-order chi connectivity index (χ1) is 8.82. The van der Waals surface area contributed by atoms with Crippen LogP contribution in [0.4, 0.5) is 5.69 Å². The molecule has 2 atom stereocenters. The number of fused-ring (bicyclic) bond motifs is 1. The predicted octanol–water partition coefficient (Wildman–Crippen LogP) is 0.875. The van der Waals surface area contributed by atoms with Gasteiger partial charge in [0.1, 0.15) is 0 Å². The van der Waals surface area contributed by atoms with Crippen LogP contribution in [-0.4, -0.2) is 32.9 Å². The zero-order chi connectivity index (χ0) is 14.2. The van der Waals surface area contributed by atoms with Crippen molar-refractivity contribution in [1.29, 1.82) is 0 Å². The van der Waals surface area contributed by atoms with Crippen molar-refractivity contribution >= 4 is 21.4 Å². The smallest absolute Gasteiger partial charge is 0.228 e. The van der Waals surface area contributed by atoms with E-state index in [-0.39, 0.29) is 11.9 Å². The topological polar surface area (TPSA) is 75.3 Å². The van der Waals surface area contributed by atoms with Gasteiger partial charge in [-0.25, -0.2) is 8.42 Å². The molecule has 2 rings (SSSR count). The molecule has 0 saturated carbocycles. The second-order valence-electron chi connectivity index (χ2n) is 4.94. The minimum Gasteiger partial charge on any atom is -0.326 e. The molecule has 0 fully saturated rings. The summed E-state index contributed by atoms with van der Waals surface area (Å²) in [4.78, 5) is 11.3. The fraction of sp³-hybridized carbons (Fsp3) is 0.462. The van der Waals surface area contributed by atoms with Crippen LogP contribution in [0.5, 0.6) is 0 Å². The lowest BCUT2D eigenvalue weighted by Gasteiger charge is -2.23. The van der Waals surface area contributed by atoms with Gasteiger partial charge in [0, 0.05) is 18.0 Å². The Morgan fingerprint density at radius 2 is 2.05 bits per heavy atom. The Morgan fingerprint density at radius 3 is 2.63 bits per heavy atom. The van der Waals surface area contributed by atoms with Crippen molar-refractivity contribution in [1.82, 2.24) is 5.32 Å². The van der Waals surface area contributed by atoms with E-state index in [4.69, 9.17) is 0 Å². The van der Waals surface area contributed by atoms with E-state index in [2.05, 4.69) is 10.6 Å². The van der Waals surface area contributed by atoms with Gasteiger partial charge in [0.15, 0.2) is 9.84 Å². The van der Waals surface area contributed by atoms with Crippen LogP contribution in [0.1, 0.15) is 24.1 Å². The fourth-order valence-corrected chi connectivity index (χ4v) is 3.15. The number of anilines is 1. The van der Waals surface area contributed by atoms with Crippen LogP contribution in [0.3, 0.4) is 0 Å². The summed E-state index contributed by atoms with van der Waals surface area (Å²) in [5.74, 6) is -0.0238. The van der Waals surface area contributed by atoms with Crippen molar-refractivity contribution in [3.05, 3.63) is 29.3 Å². The second-order valence-corrected chi connectivity index (χ2v) is 7.35. The van der Waals surface area contributed by atoms with Crippen LogP contribution in [0.25, 0.3) is 0 Å². The summed E-state index contributed by atoms with van der Waals surface area (Å²) in [6.07, 6.45) is 1.59. The third-order valence-electron chi connectivity index (χ3n) is 3.57. The number of benzene rings is 1. The van der Waals surface area contributed by atoms with Crippen LogP contribution < -0.4 is 10.6 Å². The Bertz CT molecular complexity index is 610. The summed E-state index contributed by atoms with van der Waals surface area (Å²) < 4.78 is 23.4. The molecule has 0 spiro atoms. The number of carbonyl (C=O) groups is 1. The first kappa shape index (κ1) is 14.0. The Balaban J connectivity index is 2.36. The zero-order valence-corrected chi connectivity index (χ0v) is 12.0. The van der Waals surface area contributed by atoms with E-state index >= 15 is 0 Å². The van der Waals surface area contributed by atoms with Gasteiger partial charge >= 0.3 is 0 Å². The van der Waals surface area contributed by atoms with Crippen LogP contribution >= 0.6 is 0 Å². The van der Waals surface area contributed by atoms with Gasteiger partial charge in [-0.2, -0.15) is 0 Å². The highest BCUT2D eigenvalue weighted by Crippen LogP contribution is 2.29. The lowest BCUT2D eigenvalue weighted by molar-refractivity contribution is -0.115. The Hall–Kier alpha value is -1.40. The summed E-state index contributed by atoms with van der Waals surface area (Å²) >= 11 is 0. The van der Waals surface area contributed by atoms with Crippen LogP contribution in [0.15, 0.2) is 18.2 Å². The van der Waals surface area contributed by atoms with E-state index in [0.29, 0.717) is 6.42 Å². The quantitative estimate of drug-likeness (QED) is 0.859. The first-order valence-electron chi connectivity index (χ1n) is 6.11. The van der Waals surface area contributed by atoms with Crippen molar-refractivity contribution in [2.75, 3.05) is 18.6 Å². The van der Waals surface area contributed by atoms with Crippen molar-refractivity contribution in [3.8, 4) is 0 Å². The molecule has 6 heteroatoms. The highest BCUT2D eigenvalue weighted by atomic mass is 32.2. The summed E-state index contributed by atoms with van der Waals surface area (Å²) in [5, 5.41) is 5.28. The number of amides is 1. The Labute approximate surface area is 113 Å². The molecule has 1 heterocycles. The molecule has 0 bridgehead atoms. The lowest BCUT2D eigenvalue weighted by atomic mass is 10.0. The van der Waals surface area contributed by atoms with Gasteiger partial charge in [-0.15, -0.1) is 0 Å². The maximum Gasteiger partial charge on any atom is 0.228 e. The van der Waals surface area contributed by atoms with E-state index in [1.165, 1.54) is 6.26 Å². The second kappa shape index (κ2) is 4.94. The molecule has 0 aromatic heterocycles. The third kappa shape index (κ3) is 2.79. The van der Waals surface area contributed by atoms with Crippen molar-refractivity contribution in [2.24, 2.45) is 0 Å². The van der Waals surface area contributed by atoms with E-state index in [1.54, 1.807) is 14.0 Å². The Kier molecular flexibility index (Phi) is 3.64. The molecule has 0 radical (unpaired) electrons. The molecule has 2 N–H and O–H groups in total. The average Bonchev–Trinajstić information content (AvgIpc) is 2.68. The predicted molar refractivity (Wildman–Crippen MR) is 74.9 cm³/mol. The molecule has 5 nitrogen and oxygen atoms in total. The monoisotopic (exact) mass is 282 g/mol. The van der Waals surface area contributed by atoms with Crippen molar-refractivity contribution in [2.45, 2.75) is 24.6 Å². The van der Waals surface area contributed by atoms with Crippen LogP contribution in [0.2, 0.25) is 0 Å². The minimum absolute atomic E-state index is 0.0238. The molecule has 1 aliphatic heterocycles. The first-order valence-corrected chi connectivity index (χ1v) is 8.07. The number of carbonyl (C=O) groups excluding carboxylic acids is 1. The molecule has 0 saturated heterocycles. The molecule has 0 aliphatic carbocycles. The van der Waals surface area contributed by atoms with Crippen LogP contribution in [-0.2, 0) is 21.1 Å². The van der Waals surface area contributed by atoms with Gasteiger partial charge in [0.05, 0.1) is 11.7 Å². The maximum absolute atomic E-state index is 11.7. The maximum atomic E-state index is 11.7. The highest BCUT2D eigenvalue weighted by molar-refractivity contribution is 7.91. The van der Waals surface area contributed by atoms with Crippen molar-refractivity contribution < 1.29 is 13.2 Å². The molecule has 104 valence electrons. The minimum atomic E-state index is -3.13. The number of nitrogens with one attached hydrogen (secondary N) is 2. The van der Waals surface area contributed by atoms with Gasteiger partial charge in [-0.3, -0.25) is 4.79 Å². The fourth-order valence-electron chi connectivity index (χ4n) is 2.36. The van der Waals surface area contributed by atoms with Gasteiger partial charge in [0.2, 0.25) is 5.91 Å². The molecule has 1 aliphatic rings. The van der Waals surface area contributed by atoms with E-state index in [0.717, 1.165) is 16.8 Å². The largest absolute Gasteiger partial charge is 0.326 e. The Morgan fingerprint density at radius 1 is 1.37 bits per heavy atom. The van der Waals surface area contributed by atoms with Crippen LogP contribution in [0, 0.1) is 0 Å². The third-order valence-corrected chi connectivity index (χ3v) is 5.19. The SMILES string of the molecule is CNC(c1ccc2c(c1)CC(=O)N2)C(C)S(C)(=O)=O.